The van der Waals surface area contributed by atoms with Crippen molar-refractivity contribution in [3.8, 4) is 11.5 Å². The fourth-order valence-electron chi connectivity index (χ4n) is 2.43. The van der Waals surface area contributed by atoms with Gasteiger partial charge in [-0.3, -0.25) is 4.21 Å². The van der Waals surface area contributed by atoms with E-state index in [4.69, 9.17) is 8.83 Å². The van der Waals surface area contributed by atoms with Crippen molar-refractivity contribution in [2.45, 2.75) is 0 Å². The number of rotatable bonds is 3. The lowest BCUT2D eigenvalue weighted by Gasteiger charge is -2.07. The Hall–Kier alpha value is -3.04. The highest BCUT2D eigenvalue weighted by Crippen LogP contribution is 2.26. The molecule has 0 aliphatic carbocycles. The predicted molar refractivity (Wildman–Crippen MR) is 88.0 cm³/mol. The van der Waals surface area contributed by atoms with E-state index in [0.29, 0.717) is 22.2 Å². The lowest BCUT2D eigenvalue weighted by molar-refractivity contribution is 0.542. The molecule has 0 spiro atoms. The lowest BCUT2D eigenvalue weighted by Crippen LogP contribution is -2.02. The second kappa shape index (κ2) is 5.80. The van der Waals surface area contributed by atoms with E-state index in [9.17, 15) is 17.9 Å². The Morgan fingerprint density at radius 1 is 1.08 bits per heavy atom. The maximum absolute atomic E-state index is 13.2. The fourth-order valence-corrected chi connectivity index (χ4v) is 2.75. The first-order valence-corrected chi connectivity index (χ1v) is 8.07. The van der Waals surface area contributed by atoms with Gasteiger partial charge in [0.05, 0.1) is 0 Å². The van der Waals surface area contributed by atoms with Gasteiger partial charge in [-0.2, -0.15) is 0 Å². The maximum atomic E-state index is 13.2. The molecule has 4 aromatic rings. The molecule has 0 aliphatic heterocycles. The van der Waals surface area contributed by atoms with Crippen LogP contribution in [0.2, 0.25) is 0 Å². The third-order valence-electron chi connectivity index (χ3n) is 3.52. The summed E-state index contributed by atoms with van der Waals surface area (Å²) in [6.07, 6.45) is 0. The van der Waals surface area contributed by atoms with Crippen LogP contribution in [-0.4, -0.2) is 13.7 Å². The molecule has 0 aliphatic rings. The molecule has 0 saturated heterocycles. The number of benzene rings is 2. The zero-order chi connectivity index (χ0) is 17.6. The molecule has 1 N–H and O–H groups in total. The zero-order valence-corrected chi connectivity index (χ0v) is 13.1. The Kier molecular flexibility index (Phi) is 3.59. The Morgan fingerprint density at radius 2 is 1.92 bits per heavy atom. The van der Waals surface area contributed by atoms with Crippen LogP contribution >= 0.6 is 0 Å². The Bertz CT molecular complexity index is 1200. The molecule has 0 fully saturated rings. The largest absolute Gasteiger partial charge is 0.755 e. The van der Waals surface area contributed by atoms with Crippen molar-refractivity contribution in [1.29, 1.82) is 0 Å². The normalized spacial score (nSPS) is 12.6. The molecule has 2 aromatic heterocycles. The number of fused-ring (bicyclic) bond motifs is 2. The molecule has 126 valence electrons. The van der Waals surface area contributed by atoms with Crippen molar-refractivity contribution >= 4 is 39.0 Å². The zero-order valence-electron chi connectivity index (χ0n) is 12.3. The van der Waals surface area contributed by atoms with E-state index in [-0.39, 0.29) is 17.0 Å². The molecule has 25 heavy (non-hydrogen) atoms. The van der Waals surface area contributed by atoms with E-state index < -0.39 is 22.7 Å². The van der Waals surface area contributed by atoms with Gasteiger partial charge < -0.3 is 18.1 Å². The highest BCUT2D eigenvalue weighted by Gasteiger charge is 2.15. The van der Waals surface area contributed by atoms with Crippen LogP contribution in [-0.2, 0) is 11.3 Å². The average Bonchev–Trinajstić information content (AvgIpc) is 2.96. The summed E-state index contributed by atoms with van der Waals surface area (Å²) in [6.45, 7) is 0. The van der Waals surface area contributed by atoms with E-state index in [2.05, 4.69) is 9.71 Å². The van der Waals surface area contributed by atoms with E-state index in [1.165, 1.54) is 30.3 Å². The first kappa shape index (κ1) is 15.5. The van der Waals surface area contributed by atoms with Crippen molar-refractivity contribution in [2.24, 2.45) is 0 Å². The molecule has 1 atom stereocenters. The van der Waals surface area contributed by atoms with Gasteiger partial charge in [-0.25, -0.2) is 14.2 Å². The van der Waals surface area contributed by atoms with Crippen LogP contribution < -0.4 is 10.3 Å². The summed E-state index contributed by atoms with van der Waals surface area (Å²) in [4.78, 5) is 16.4. The molecule has 7 nitrogen and oxygen atoms in total. The number of nitrogens with one attached hydrogen (secondary N) is 1. The van der Waals surface area contributed by atoms with Gasteiger partial charge in [0, 0.05) is 34.5 Å². The molecular weight excluding hydrogens is 351 g/mol. The number of anilines is 1. The molecule has 0 saturated carbocycles. The minimum atomic E-state index is -2.47. The van der Waals surface area contributed by atoms with Gasteiger partial charge in [-0.15, -0.1) is 0 Å². The first-order valence-electron chi connectivity index (χ1n) is 7.00. The molecular formula is C16H8FN2O5S-. The Labute approximate surface area is 141 Å². The van der Waals surface area contributed by atoms with Crippen LogP contribution in [0.25, 0.3) is 33.5 Å². The van der Waals surface area contributed by atoms with Gasteiger partial charge in [0.1, 0.15) is 22.5 Å². The summed E-state index contributed by atoms with van der Waals surface area (Å²) in [5, 5.41) is 0.516. The lowest BCUT2D eigenvalue weighted by atomic mass is 10.2. The monoisotopic (exact) mass is 359 g/mol. The summed E-state index contributed by atoms with van der Waals surface area (Å²) in [5.74, 6) is -0.489. The number of nitrogens with zero attached hydrogens (tertiary/aromatic N) is 1. The number of aromatic nitrogens is 1. The number of hydrogen-bond donors (Lipinski definition) is 1. The highest BCUT2D eigenvalue weighted by molar-refractivity contribution is 7.80. The van der Waals surface area contributed by atoms with Crippen LogP contribution in [0, 0.1) is 5.82 Å². The number of halogens is 1. The minimum Gasteiger partial charge on any atom is -0.755 e. The molecule has 9 heteroatoms. The highest BCUT2D eigenvalue weighted by atomic mass is 32.2. The van der Waals surface area contributed by atoms with Crippen LogP contribution in [0.4, 0.5) is 10.1 Å². The van der Waals surface area contributed by atoms with Gasteiger partial charge in [-0.1, -0.05) is 0 Å². The van der Waals surface area contributed by atoms with Crippen LogP contribution in [0.5, 0.6) is 0 Å². The molecule has 4 rings (SSSR count). The molecule has 2 aromatic carbocycles. The van der Waals surface area contributed by atoms with E-state index in [1.54, 1.807) is 6.07 Å². The van der Waals surface area contributed by atoms with Crippen LogP contribution in [0.1, 0.15) is 0 Å². The van der Waals surface area contributed by atoms with Crippen molar-refractivity contribution in [1.82, 2.24) is 4.98 Å². The predicted octanol–water partition coefficient (Wildman–Crippen LogP) is 2.95. The van der Waals surface area contributed by atoms with Crippen molar-refractivity contribution < 1.29 is 22.0 Å². The third-order valence-corrected chi connectivity index (χ3v) is 3.92. The third kappa shape index (κ3) is 2.90. The Morgan fingerprint density at radius 3 is 2.72 bits per heavy atom. The van der Waals surface area contributed by atoms with E-state index >= 15 is 0 Å². The smallest absolute Gasteiger partial charge is 0.349 e. The second-order valence-electron chi connectivity index (χ2n) is 5.17. The van der Waals surface area contributed by atoms with E-state index in [1.807, 2.05) is 0 Å². The van der Waals surface area contributed by atoms with Crippen molar-refractivity contribution in [3.63, 3.8) is 0 Å². The fraction of sp³-hybridized carbons (Fsp3) is 0. The van der Waals surface area contributed by atoms with E-state index in [0.717, 1.165) is 6.07 Å². The molecule has 0 radical (unpaired) electrons. The number of hydrogen-bond acceptors (Lipinski definition) is 6. The van der Waals surface area contributed by atoms with Crippen LogP contribution in [0.15, 0.2) is 56.1 Å². The topological polar surface area (TPSA) is 108 Å². The Balaban J connectivity index is 1.85. The van der Waals surface area contributed by atoms with Gasteiger partial charge >= 0.3 is 5.63 Å². The van der Waals surface area contributed by atoms with Gasteiger partial charge in [0.15, 0.2) is 5.58 Å². The van der Waals surface area contributed by atoms with Crippen LogP contribution in [0.3, 0.4) is 0 Å². The molecule has 0 amide bonds. The first-order chi connectivity index (χ1) is 12.0. The SMILES string of the molecule is O=c1oc2cc(F)ccc2cc1-c1nc2ccc(NS(=O)[O-])cc2o1. The maximum Gasteiger partial charge on any atom is 0.349 e. The molecule has 1 unspecified atom stereocenters. The van der Waals surface area contributed by atoms with Gasteiger partial charge in [0.25, 0.3) is 0 Å². The molecule has 0 bridgehead atoms. The summed E-state index contributed by atoms with van der Waals surface area (Å²) >= 11 is -2.47. The summed E-state index contributed by atoms with van der Waals surface area (Å²) in [6, 6.07) is 9.85. The van der Waals surface area contributed by atoms with Gasteiger partial charge in [-0.05, 0) is 30.3 Å². The standard InChI is InChI=1S/C16H9FN2O5S/c17-9-2-1-8-5-11(16(20)24-13(8)6-9)15-18-12-4-3-10(19-25(21)22)7-14(12)23-15/h1-7,19H,(H,21,22)/p-1. The minimum absolute atomic E-state index is 0.0235. The average molecular weight is 359 g/mol. The summed E-state index contributed by atoms with van der Waals surface area (Å²) < 4.78 is 47.4. The summed E-state index contributed by atoms with van der Waals surface area (Å²) in [7, 11) is 0. The van der Waals surface area contributed by atoms with Crippen molar-refractivity contribution in [2.75, 3.05) is 4.72 Å². The number of oxazole rings is 1. The van der Waals surface area contributed by atoms with Crippen molar-refractivity contribution in [3.05, 3.63) is 58.7 Å². The second-order valence-corrected chi connectivity index (χ2v) is 5.84. The molecule has 2 heterocycles. The summed E-state index contributed by atoms with van der Waals surface area (Å²) in [5.41, 5.74) is 0.514. The quantitative estimate of drug-likeness (QED) is 0.445. The van der Waals surface area contributed by atoms with Gasteiger partial charge in [0.2, 0.25) is 5.89 Å².